The number of amides is 2. The van der Waals surface area contributed by atoms with Crippen LogP contribution in [0.5, 0.6) is 0 Å². The second-order valence-electron chi connectivity index (χ2n) is 10.0. The van der Waals surface area contributed by atoms with E-state index in [0.29, 0.717) is 5.69 Å². The van der Waals surface area contributed by atoms with Crippen LogP contribution in [-0.4, -0.2) is 43.8 Å². The van der Waals surface area contributed by atoms with Gasteiger partial charge in [-0.05, 0) is 88.6 Å². The highest BCUT2D eigenvalue weighted by Crippen LogP contribution is 2.29. The van der Waals surface area contributed by atoms with Gasteiger partial charge in [-0.3, -0.25) is 13.9 Å². The third kappa shape index (κ3) is 7.48. The molecule has 0 fully saturated rings. The second-order valence-corrected chi connectivity index (χ2v) is 12.8. The van der Waals surface area contributed by atoms with Crippen LogP contribution in [0.15, 0.2) is 76.1 Å². The van der Waals surface area contributed by atoms with Gasteiger partial charge in [0.25, 0.3) is 10.0 Å². The Bertz CT molecular complexity index is 1420. The van der Waals surface area contributed by atoms with Crippen molar-refractivity contribution in [2.45, 2.75) is 65.1 Å². The lowest BCUT2D eigenvalue weighted by Gasteiger charge is -2.33. The summed E-state index contributed by atoms with van der Waals surface area (Å²) in [5.74, 6) is -0.795. The Labute approximate surface area is 240 Å². The number of benzene rings is 3. The van der Waals surface area contributed by atoms with E-state index in [4.69, 9.17) is 0 Å². The molecule has 208 valence electrons. The van der Waals surface area contributed by atoms with E-state index in [1.165, 1.54) is 4.90 Å². The molecule has 0 bridgehead atoms. The number of anilines is 1. The number of hydrogen-bond donors (Lipinski definition) is 1. The number of aryl methyl sites for hydroxylation is 2. The zero-order valence-corrected chi connectivity index (χ0v) is 25.6. The molecule has 7 nitrogen and oxygen atoms in total. The van der Waals surface area contributed by atoms with E-state index < -0.39 is 28.5 Å². The van der Waals surface area contributed by atoms with Gasteiger partial charge >= 0.3 is 0 Å². The molecule has 0 heterocycles. The van der Waals surface area contributed by atoms with Crippen LogP contribution in [-0.2, 0) is 26.2 Å². The molecule has 0 spiro atoms. The van der Waals surface area contributed by atoms with Crippen molar-refractivity contribution in [2.24, 2.45) is 0 Å². The normalized spacial score (nSPS) is 12.2. The molecular weight excluding hydrogens is 578 g/mol. The molecule has 1 unspecified atom stereocenters. The molecule has 0 saturated heterocycles. The van der Waals surface area contributed by atoms with Crippen LogP contribution in [0, 0.1) is 20.8 Å². The first kappa shape index (κ1) is 30.4. The zero-order valence-electron chi connectivity index (χ0n) is 23.2. The van der Waals surface area contributed by atoms with Crippen LogP contribution in [0.3, 0.4) is 0 Å². The van der Waals surface area contributed by atoms with E-state index in [2.05, 4.69) is 21.2 Å². The molecule has 3 aromatic rings. The van der Waals surface area contributed by atoms with Crippen molar-refractivity contribution in [1.29, 1.82) is 0 Å². The fourth-order valence-electron chi connectivity index (χ4n) is 4.13. The predicted molar refractivity (Wildman–Crippen MR) is 159 cm³/mol. The van der Waals surface area contributed by atoms with Gasteiger partial charge in [0.15, 0.2) is 0 Å². The Kier molecular flexibility index (Phi) is 9.96. The summed E-state index contributed by atoms with van der Waals surface area (Å²) in [7, 11) is -4.10. The standard InChI is InChI=1S/C30H36BrN3O4S/c1-20(2)32-30(36)24(6)33(18-25-12-14-26(31)15-13-25)29(35)19-34(28-9-7-8-22(4)23(28)5)39(37,38)27-16-10-21(3)11-17-27/h7-17,20,24H,18-19H2,1-6H3,(H,32,36). The van der Waals surface area contributed by atoms with Gasteiger partial charge in [0.05, 0.1) is 10.6 Å². The van der Waals surface area contributed by atoms with Crippen LogP contribution < -0.4 is 9.62 Å². The van der Waals surface area contributed by atoms with Gasteiger partial charge in [0, 0.05) is 17.1 Å². The summed E-state index contributed by atoms with van der Waals surface area (Å²) in [6.45, 7) is 10.7. The van der Waals surface area contributed by atoms with E-state index in [9.17, 15) is 18.0 Å². The topological polar surface area (TPSA) is 86.8 Å². The Balaban J connectivity index is 2.07. The van der Waals surface area contributed by atoms with Crippen LogP contribution in [0.25, 0.3) is 0 Å². The largest absolute Gasteiger partial charge is 0.352 e. The highest BCUT2D eigenvalue weighted by Gasteiger charge is 2.33. The molecule has 0 aliphatic heterocycles. The fourth-order valence-corrected chi connectivity index (χ4v) is 5.87. The molecule has 0 aliphatic carbocycles. The average Bonchev–Trinajstić information content (AvgIpc) is 2.88. The summed E-state index contributed by atoms with van der Waals surface area (Å²) in [6.07, 6.45) is 0. The highest BCUT2D eigenvalue weighted by atomic mass is 79.9. The van der Waals surface area contributed by atoms with Crippen molar-refractivity contribution >= 4 is 43.5 Å². The van der Waals surface area contributed by atoms with Gasteiger partial charge in [-0.15, -0.1) is 0 Å². The summed E-state index contributed by atoms with van der Waals surface area (Å²) >= 11 is 3.42. The van der Waals surface area contributed by atoms with Crippen molar-refractivity contribution in [3.8, 4) is 0 Å². The Morgan fingerprint density at radius 3 is 2.10 bits per heavy atom. The molecule has 39 heavy (non-hydrogen) atoms. The van der Waals surface area contributed by atoms with Gasteiger partial charge in [-0.2, -0.15) is 0 Å². The summed E-state index contributed by atoms with van der Waals surface area (Å²) in [6, 6.07) is 18.4. The van der Waals surface area contributed by atoms with Crippen molar-refractivity contribution in [3.63, 3.8) is 0 Å². The fraction of sp³-hybridized carbons (Fsp3) is 0.333. The maximum absolute atomic E-state index is 14.0. The molecule has 0 aliphatic rings. The molecular formula is C30H36BrN3O4S. The summed E-state index contributed by atoms with van der Waals surface area (Å²) < 4.78 is 30.0. The molecule has 0 radical (unpaired) electrons. The third-order valence-corrected chi connectivity index (χ3v) is 8.90. The lowest BCUT2D eigenvalue weighted by Crippen LogP contribution is -2.52. The monoisotopic (exact) mass is 613 g/mol. The SMILES string of the molecule is Cc1ccc(S(=O)(=O)N(CC(=O)N(Cc2ccc(Br)cc2)C(C)C(=O)NC(C)C)c2cccc(C)c2C)cc1. The van der Waals surface area contributed by atoms with Crippen LogP contribution >= 0.6 is 15.9 Å². The lowest BCUT2D eigenvalue weighted by atomic mass is 10.1. The smallest absolute Gasteiger partial charge is 0.264 e. The quantitative estimate of drug-likeness (QED) is 0.326. The summed E-state index contributed by atoms with van der Waals surface area (Å²) in [4.78, 5) is 28.5. The number of halogens is 1. The van der Waals surface area contributed by atoms with E-state index in [1.807, 2.05) is 65.0 Å². The number of carbonyl (C=O) groups is 2. The molecule has 0 saturated carbocycles. The molecule has 1 atom stereocenters. The number of hydrogen-bond acceptors (Lipinski definition) is 4. The molecule has 2 amide bonds. The lowest BCUT2D eigenvalue weighted by molar-refractivity contribution is -0.139. The van der Waals surface area contributed by atoms with E-state index in [-0.39, 0.29) is 23.4 Å². The molecule has 0 aromatic heterocycles. The van der Waals surface area contributed by atoms with Crippen molar-refractivity contribution in [2.75, 3.05) is 10.8 Å². The van der Waals surface area contributed by atoms with Crippen molar-refractivity contribution in [1.82, 2.24) is 10.2 Å². The minimum atomic E-state index is -4.10. The van der Waals surface area contributed by atoms with E-state index in [1.54, 1.807) is 43.3 Å². The molecule has 9 heteroatoms. The maximum Gasteiger partial charge on any atom is 0.264 e. The first-order valence-corrected chi connectivity index (χ1v) is 15.0. The number of rotatable bonds is 10. The van der Waals surface area contributed by atoms with Gasteiger partial charge in [-0.1, -0.05) is 57.9 Å². The van der Waals surface area contributed by atoms with E-state index >= 15 is 0 Å². The van der Waals surface area contributed by atoms with Gasteiger partial charge in [0.1, 0.15) is 12.6 Å². The predicted octanol–water partition coefficient (Wildman–Crippen LogP) is 5.51. The van der Waals surface area contributed by atoms with Crippen molar-refractivity contribution < 1.29 is 18.0 Å². The Hall–Kier alpha value is -3.17. The maximum atomic E-state index is 14.0. The van der Waals surface area contributed by atoms with Crippen LogP contribution in [0.4, 0.5) is 5.69 Å². The van der Waals surface area contributed by atoms with Crippen LogP contribution in [0.2, 0.25) is 0 Å². The van der Waals surface area contributed by atoms with Crippen molar-refractivity contribution in [3.05, 3.63) is 93.5 Å². The molecule has 1 N–H and O–H groups in total. The Morgan fingerprint density at radius 2 is 1.51 bits per heavy atom. The first-order valence-electron chi connectivity index (χ1n) is 12.8. The minimum absolute atomic E-state index is 0.0897. The van der Waals surface area contributed by atoms with Gasteiger partial charge < -0.3 is 10.2 Å². The molecule has 3 rings (SSSR count). The van der Waals surface area contributed by atoms with Crippen LogP contribution in [0.1, 0.15) is 43.0 Å². The number of nitrogens with zero attached hydrogens (tertiary/aromatic N) is 2. The minimum Gasteiger partial charge on any atom is -0.352 e. The van der Waals surface area contributed by atoms with E-state index in [0.717, 1.165) is 31.0 Å². The highest BCUT2D eigenvalue weighted by molar-refractivity contribution is 9.10. The Morgan fingerprint density at radius 1 is 0.897 bits per heavy atom. The number of sulfonamides is 1. The number of carbonyl (C=O) groups excluding carboxylic acids is 2. The molecule has 3 aromatic carbocycles. The van der Waals surface area contributed by atoms with Gasteiger partial charge in [0.2, 0.25) is 11.8 Å². The number of nitrogens with one attached hydrogen (secondary N) is 1. The summed E-state index contributed by atoms with van der Waals surface area (Å²) in [5, 5.41) is 2.86. The second kappa shape index (κ2) is 12.8. The van der Waals surface area contributed by atoms with Gasteiger partial charge in [-0.25, -0.2) is 8.42 Å². The summed E-state index contributed by atoms with van der Waals surface area (Å²) in [5.41, 5.74) is 3.82. The third-order valence-electron chi connectivity index (χ3n) is 6.60. The zero-order chi connectivity index (χ0) is 28.9. The first-order chi connectivity index (χ1) is 18.3. The average molecular weight is 615 g/mol.